The standard InChI is InChI=1S/C15H14ClNO6/c1-15(2)22-12(18)8(13(19)23-15)7-17-10-6-4-5-9(16)11(10)14(20)21-3/h4-7,17H,1-3H3. The lowest BCUT2D eigenvalue weighted by Crippen LogP contribution is -2.42. The zero-order valence-electron chi connectivity index (χ0n) is 12.6. The number of benzene rings is 1. The van der Waals surface area contributed by atoms with Crippen LogP contribution in [0.3, 0.4) is 0 Å². The molecule has 122 valence electrons. The third-order valence-corrected chi connectivity index (χ3v) is 3.21. The van der Waals surface area contributed by atoms with Crippen molar-refractivity contribution in [1.82, 2.24) is 0 Å². The second-order valence-corrected chi connectivity index (χ2v) is 5.44. The number of hydrogen-bond acceptors (Lipinski definition) is 7. The van der Waals surface area contributed by atoms with Crippen LogP contribution in [0, 0.1) is 0 Å². The van der Waals surface area contributed by atoms with Crippen molar-refractivity contribution in [3.63, 3.8) is 0 Å². The number of hydrogen-bond donors (Lipinski definition) is 1. The fourth-order valence-electron chi connectivity index (χ4n) is 1.88. The Morgan fingerprint density at radius 2 is 1.87 bits per heavy atom. The number of halogens is 1. The van der Waals surface area contributed by atoms with Crippen molar-refractivity contribution in [3.05, 3.63) is 40.6 Å². The monoisotopic (exact) mass is 339 g/mol. The minimum Gasteiger partial charge on any atom is -0.465 e. The fourth-order valence-corrected chi connectivity index (χ4v) is 2.13. The summed E-state index contributed by atoms with van der Waals surface area (Å²) < 4.78 is 14.6. The third-order valence-electron chi connectivity index (χ3n) is 2.89. The van der Waals surface area contributed by atoms with E-state index in [1.54, 1.807) is 12.1 Å². The molecule has 0 saturated carbocycles. The molecule has 1 fully saturated rings. The van der Waals surface area contributed by atoms with Crippen LogP contribution < -0.4 is 5.32 Å². The summed E-state index contributed by atoms with van der Waals surface area (Å²) in [6, 6.07) is 4.65. The highest BCUT2D eigenvalue weighted by molar-refractivity contribution is 6.34. The van der Waals surface area contributed by atoms with Gasteiger partial charge in [-0.2, -0.15) is 0 Å². The Bertz CT molecular complexity index is 688. The summed E-state index contributed by atoms with van der Waals surface area (Å²) >= 11 is 5.97. The van der Waals surface area contributed by atoms with Crippen molar-refractivity contribution >= 4 is 35.2 Å². The average Bonchev–Trinajstić information content (AvgIpc) is 2.44. The number of esters is 3. The number of methoxy groups -OCH3 is 1. The number of carbonyl (C=O) groups is 3. The van der Waals surface area contributed by atoms with E-state index in [4.69, 9.17) is 21.1 Å². The lowest BCUT2D eigenvalue weighted by Gasteiger charge is -2.29. The van der Waals surface area contributed by atoms with Crippen LogP contribution in [0.25, 0.3) is 0 Å². The van der Waals surface area contributed by atoms with E-state index in [1.807, 2.05) is 0 Å². The summed E-state index contributed by atoms with van der Waals surface area (Å²) in [4.78, 5) is 35.4. The molecular weight excluding hydrogens is 326 g/mol. The molecule has 0 amide bonds. The normalized spacial score (nSPS) is 16.3. The molecule has 0 atom stereocenters. The predicted molar refractivity (Wildman–Crippen MR) is 80.8 cm³/mol. The van der Waals surface area contributed by atoms with Gasteiger partial charge in [0.15, 0.2) is 5.57 Å². The minimum absolute atomic E-state index is 0.0754. The molecule has 2 rings (SSSR count). The van der Waals surface area contributed by atoms with Gasteiger partial charge in [-0.1, -0.05) is 17.7 Å². The molecule has 1 aliphatic heterocycles. The Morgan fingerprint density at radius 3 is 2.43 bits per heavy atom. The lowest BCUT2D eigenvalue weighted by molar-refractivity contribution is -0.222. The summed E-state index contributed by atoms with van der Waals surface area (Å²) in [6.45, 7) is 2.89. The molecule has 1 saturated heterocycles. The van der Waals surface area contributed by atoms with Crippen LogP contribution in [-0.2, 0) is 23.8 Å². The molecule has 23 heavy (non-hydrogen) atoms. The van der Waals surface area contributed by atoms with Gasteiger partial charge in [0, 0.05) is 20.0 Å². The van der Waals surface area contributed by atoms with Gasteiger partial charge < -0.3 is 19.5 Å². The molecule has 1 N–H and O–H groups in total. The summed E-state index contributed by atoms with van der Waals surface area (Å²) in [7, 11) is 1.21. The minimum atomic E-state index is -1.32. The first-order valence-electron chi connectivity index (χ1n) is 6.55. The molecule has 0 unspecified atom stereocenters. The summed E-state index contributed by atoms with van der Waals surface area (Å²) in [5, 5.41) is 2.84. The summed E-state index contributed by atoms with van der Waals surface area (Å²) in [5.74, 6) is -3.65. The maximum atomic E-state index is 11.8. The van der Waals surface area contributed by atoms with Gasteiger partial charge in [-0.05, 0) is 12.1 Å². The summed E-state index contributed by atoms with van der Waals surface area (Å²) in [5.41, 5.74) is 0.00814. The van der Waals surface area contributed by atoms with E-state index in [0.29, 0.717) is 0 Å². The number of ether oxygens (including phenoxy) is 3. The second-order valence-electron chi connectivity index (χ2n) is 5.04. The van der Waals surface area contributed by atoms with Gasteiger partial charge in [-0.3, -0.25) is 0 Å². The van der Waals surface area contributed by atoms with E-state index in [9.17, 15) is 14.4 Å². The van der Waals surface area contributed by atoms with E-state index in [-0.39, 0.29) is 21.8 Å². The largest absolute Gasteiger partial charge is 0.465 e. The van der Waals surface area contributed by atoms with Crippen molar-refractivity contribution < 1.29 is 28.6 Å². The number of nitrogens with one attached hydrogen (secondary N) is 1. The highest BCUT2D eigenvalue weighted by atomic mass is 35.5. The Kier molecular flexibility index (Phi) is 4.60. The van der Waals surface area contributed by atoms with Crippen molar-refractivity contribution in [2.75, 3.05) is 12.4 Å². The Morgan fingerprint density at radius 1 is 1.26 bits per heavy atom. The fraction of sp³-hybridized carbons (Fsp3) is 0.267. The summed E-state index contributed by atoms with van der Waals surface area (Å²) in [6.07, 6.45) is 1.10. The molecule has 8 heteroatoms. The molecule has 0 spiro atoms. The van der Waals surface area contributed by atoms with Crippen molar-refractivity contribution in [3.8, 4) is 0 Å². The number of cyclic esters (lactones) is 2. The van der Waals surface area contributed by atoms with Crippen molar-refractivity contribution in [2.24, 2.45) is 0 Å². The lowest BCUT2D eigenvalue weighted by atomic mass is 10.1. The van der Waals surface area contributed by atoms with Crippen LogP contribution in [-0.4, -0.2) is 30.8 Å². The molecule has 0 bridgehead atoms. The Labute approximate surface area is 137 Å². The first kappa shape index (κ1) is 16.8. The average molecular weight is 340 g/mol. The molecule has 1 heterocycles. The first-order chi connectivity index (χ1) is 10.7. The van der Waals surface area contributed by atoms with Gasteiger partial charge in [0.05, 0.1) is 17.8 Å². The number of rotatable bonds is 3. The Hall–Kier alpha value is -2.54. The smallest absolute Gasteiger partial charge is 0.350 e. The van der Waals surface area contributed by atoms with Crippen molar-refractivity contribution in [1.29, 1.82) is 0 Å². The van der Waals surface area contributed by atoms with Gasteiger partial charge in [0.25, 0.3) is 5.79 Å². The highest BCUT2D eigenvalue weighted by Gasteiger charge is 2.39. The number of anilines is 1. The van der Waals surface area contributed by atoms with E-state index in [2.05, 4.69) is 10.1 Å². The van der Waals surface area contributed by atoms with Crippen LogP contribution in [0.1, 0.15) is 24.2 Å². The maximum Gasteiger partial charge on any atom is 0.350 e. The predicted octanol–water partition coefficient (Wildman–Crippen LogP) is 2.26. The zero-order chi connectivity index (χ0) is 17.2. The van der Waals surface area contributed by atoms with Crippen LogP contribution >= 0.6 is 11.6 Å². The van der Waals surface area contributed by atoms with Gasteiger partial charge in [-0.15, -0.1) is 0 Å². The van der Waals surface area contributed by atoms with Gasteiger partial charge in [-0.25, -0.2) is 14.4 Å². The highest BCUT2D eigenvalue weighted by Crippen LogP contribution is 2.27. The Balaban J connectivity index is 2.31. The molecule has 1 aromatic rings. The van der Waals surface area contributed by atoms with Gasteiger partial charge in [0.2, 0.25) is 0 Å². The van der Waals surface area contributed by atoms with Crippen LogP contribution in [0.5, 0.6) is 0 Å². The topological polar surface area (TPSA) is 90.9 Å². The van der Waals surface area contributed by atoms with E-state index in [0.717, 1.165) is 6.20 Å². The van der Waals surface area contributed by atoms with Crippen LogP contribution in [0.15, 0.2) is 30.0 Å². The number of carbonyl (C=O) groups excluding carboxylic acids is 3. The molecule has 1 aliphatic rings. The SMILES string of the molecule is COC(=O)c1c(Cl)cccc1NC=C1C(=O)OC(C)(C)OC1=O. The third kappa shape index (κ3) is 3.62. The molecule has 0 radical (unpaired) electrons. The maximum absolute atomic E-state index is 11.8. The molecule has 0 aromatic heterocycles. The van der Waals surface area contributed by atoms with Crippen LogP contribution in [0.2, 0.25) is 5.02 Å². The first-order valence-corrected chi connectivity index (χ1v) is 6.93. The van der Waals surface area contributed by atoms with Crippen molar-refractivity contribution in [2.45, 2.75) is 19.6 Å². The van der Waals surface area contributed by atoms with E-state index in [1.165, 1.54) is 27.0 Å². The molecule has 1 aromatic carbocycles. The molecular formula is C15H14ClNO6. The quantitative estimate of drug-likeness (QED) is 0.513. The van der Waals surface area contributed by atoms with Gasteiger partial charge >= 0.3 is 17.9 Å². The zero-order valence-corrected chi connectivity index (χ0v) is 13.4. The second kappa shape index (κ2) is 6.29. The van der Waals surface area contributed by atoms with E-state index >= 15 is 0 Å². The molecule has 7 nitrogen and oxygen atoms in total. The van der Waals surface area contributed by atoms with Crippen LogP contribution in [0.4, 0.5) is 5.69 Å². The van der Waals surface area contributed by atoms with Gasteiger partial charge in [0.1, 0.15) is 5.56 Å². The van der Waals surface area contributed by atoms with E-state index < -0.39 is 23.7 Å². The molecule has 0 aliphatic carbocycles.